The molecule has 4 N–H and O–H groups in total. The zero-order chi connectivity index (χ0) is 38.6. The second kappa shape index (κ2) is 15.6. The van der Waals surface area contributed by atoms with E-state index in [2.05, 4.69) is 30.6 Å². The minimum Gasteiger partial charge on any atom is -0.456 e. The molecule has 0 unspecified atom stereocenters. The first-order valence-electron chi connectivity index (χ1n) is 16.8. The van der Waals surface area contributed by atoms with Gasteiger partial charge in [0.1, 0.15) is 30.8 Å². The van der Waals surface area contributed by atoms with Crippen LogP contribution in [0.4, 0.5) is 16.7 Å². The number of nitrogens with zero attached hydrogens (tertiary/aromatic N) is 7. The molecule has 0 atom stereocenters. The third-order valence-corrected chi connectivity index (χ3v) is 11.2. The molecule has 0 radical (unpaired) electrons. The number of hydrogen-bond donors (Lipinski definition) is 3. The van der Waals surface area contributed by atoms with Crippen LogP contribution in [0.1, 0.15) is 43.2 Å². The van der Waals surface area contributed by atoms with Gasteiger partial charge in [-0.1, -0.05) is 42.5 Å². The second-order valence-corrected chi connectivity index (χ2v) is 16.2. The van der Waals surface area contributed by atoms with Crippen LogP contribution in [0.25, 0.3) is 21.4 Å². The van der Waals surface area contributed by atoms with Crippen molar-refractivity contribution in [1.82, 2.24) is 39.0 Å². The molecular weight excluding hydrogens is 741 g/mol. The molecule has 1 saturated heterocycles. The Bertz CT molecular complexity index is 2290. The van der Waals surface area contributed by atoms with Crippen LogP contribution in [0, 0.1) is 0 Å². The number of anilines is 2. The van der Waals surface area contributed by atoms with Crippen LogP contribution in [-0.2, 0) is 42.2 Å². The van der Waals surface area contributed by atoms with Crippen LogP contribution in [0.15, 0.2) is 58.9 Å². The molecule has 4 heterocycles. The van der Waals surface area contributed by atoms with Crippen molar-refractivity contribution in [2.75, 3.05) is 43.8 Å². The number of amides is 3. The third-order valence-electron chi connectivity index (χ3n) is 7.94. The lowest BCUT2D eigenvalue weighted by molar-refractivity contribution is -0.142. The van der Waals surface area contributed by atoms with Gasteiger partial charge in [0.25, 0.3) is 15.9 Å². The van der Waals surface area contributed by atoms with Crippen LogP contribution in [0.2, 0.25) is 0 Å². The van der Waals surface area contributed by atoms with Gasteiger partial charge < -0.3 is 30.7 Å². The van der Waals surface area contributed by atoms with E-state index in [1.165, 1.54) is 9.47 Å². The van der Waals surface area contributed by atoms with Gasteiger partial charge in [0.05, 0.1) is 16.8 Å². The molecule has 0 spiro atoms. The molecule has 0 aliphatic carbocycles. The molecule has 6 rings (SSSR count). The highest BCUT2D eigenvalue weighted by atomic mass is 32.2. The number of nitrogens with one attached hydrogen (secondary N) is 2. The lowest BCUT2D eigenvalue weighted by atomic mass is 10.2. The first-order valence-corrected chi connectivity index (χ1v) is 19.1. The number of hydrogen-bond acceptors (Lipinski definition) is 15. The highest BCUT2D eigenvalue weighted by Crippen LogP contribution is 2.29. The summed E-state index contributed by atoms with van der Waals surface area (Å²) >= 11 is 0.959. The first-order chi connectivity index (χ1) is 25.7. The number of fused-ring (bicyclic) bond motifs is 2. The molecule has 2 aromatic carbocycles. The quantitative estimate of drug-likeness (QED) is 0.122. The number of rotatable bonds is 12. The van der Waals surface area contributed by atoms with Crippen molar-refractivity contribution in [3.8, 4) is 0 Å². The summed E-state index contributed by atoms with van der Waals surface area (Å²) < 4.78 is 40.0. The first kappa shape index (κ1) is 37.9. The summed E-state index contributed by atoms with van der Waals surface area (Å²) in [5.41, 5.74) is 6.67. The lowest BCUT2D eigenvalue weighted by Gasteiger charge is -2.33. The summed E-state index contributed by atoms with van der Waals surface area (Å²) in [6, 6.07) is 15.9. The van der Waals surface area contributed by atoms with Crippen molar-refractivity contribution < 1.29 is 37.1 Å². The normalized spacial score (nSPS) is 13.6. The number of thiazole rings is 1. The molecule has 18 nitrogen and oxygen atoms in total. The van der Waals surface area contributed by atoms with Crippen LogP contribution < -0.4 is 16.4 Å². The van der Waals surface area contributed by atoms with Crippen LogP contribution in [0.5, 0.6) is 0 Å². The van der Waals surface area contributed by atoms with Gasteiger partial charge in [-0.25, -0.2) is 28.8 Å². The number of sulfonamides is 1. The molecule has 1 fully saturated rings. The largest absolute Gasteiger partial charge is 0.456 e. The van der Waals surface area contributed by atoms with E-state index >= 15 is 0 Å². The Kier molecular flexibility index (Phi) is 10.9. The van der Waals surface area contributed by atoms with E-state index in [-0.39, 0.29) is 65.9 Å². The average Bonchev–Trinajstić information content (AvgIpc) is 3.71. The molecule has 284 valence electrons. The summed E-state index contributed by atoms with van der Waals surface area (Å²) in [7, 11) is -4.25. The Morgan fingerprint density at radius 1 is 0.963 bits per heavy atom. The number of piperazine rings is 1. The molecule has 1 aliphatic rings. The molecule has 3 amide bonds. The van der Waals surface area contributed by atoms with E-state index in [1.807, 2.05) is 6.07 Å². The zero-order valence-electron chi connectivity index (χ0n) is 29.6. The van der Waals surface area contributed by atoms with Crippen LogP contribution in [0.3, 0.4) is 0 Å². The SMILES string of the molecule is CC(C)(C)OC(=O)NCCCNc1nc(C(=O)OCc2ccccc2)c2nc(N)n(CC(=O)N3CCN(S(=O)(=O)c4nc5ccccc5s4)C(=O)C3)c2n1. The maximum Gasteiger partial charge on any atom is 0.407 e. The lowest BCUT2D eigenvalue weighted by Crippen LogP contribution is -2.54. The monoisotopic (exact) mass is 778 g/mol. The molecule has 5 aromatic rings. The van der Waals surface area contributed by atoms with Gasteiger partial charge in [-0.2, -0.15) is 13.4 Å². The number of para-hydroxylation sites is 1. The summed E-state index contributed by atoms with van der Waals surface area (Å²) in [6.07, 6.45) is -0.131. The van der Waals surface area contributed by atoms with Crippen molar-refractivity contribution in [3.63, 3.8) is 0 Å². The predicted octanol–water partition coefficient (Wildman–Crippen LogP) is 2.76. The van der Waals surface area contributed by atoms with Gasteiger partial charge >= 0.3 is 12.1 Å². The topological polar surface area (TPSA) is 234 Å². The van der Waals surface area contributed by atoms with Crippen LogP contribution >= 0.6 is 11.3 Å². The summed E-state index contributed by atoms with van der Waals surface area (Å²) in [5, 5.41) is 5.68. The number of nitrogens with two attached hydrogens (primary N) is 1. The Morgan fingerprint density at radius 3 is 2.43 bits per heavy atom. The van der Waals surface area contributed by atoms with Crippen LogP contribution in [-0.4, -0.2) is 104 Å². The van der Waals surface area contributed by atoms with Crippen molar-refractivity contribution in [2.24, 2.45) is 0 Å². The maximum atomic E-state index is 13.6. The molecule has 54 heavy (non-hydrogen) atoms. The number of carbonyl (C=O) groups excluding carboxylic acids is 4. The van der Waals surface area contributed by atoms with Gasteiger partial charge in [-0.05, 0) is 44.9 Å². The third kappa shape index (κ3) is 8.66. The summed E-state index contributed by atoms with van der Waals surface area (Å²) in [4.78, 5) is 70.7. The number of alkyl carbamates (subject to hydrolysis) is 1. The number of esters is 1. The van der Waals surface area contributed by atoms with Gasteiger partial charge in [-0.3, -0.25) is 14.2 Å². The summed E-state index contributed by atoms with van der Waals surface area (Å²) in [5.74, 6) is -2.33. The maximum absolute atomic E-state index is 13.6. The smallest absolute Gasteiger partial charge is 0.407 e. The highest BCUT2D eigenvalue weighted by Gasteiger charge is 2.37. The fourth-order valence-electron chi connectivity index (χ4n) is 5.39. The summed E-state index contributed by atoms with van der Waals surface area (Å²) in [6.45, 7) is 4.46. The van der Waals surface area contributed by atoms with Gasteiger partial charge in [-0.15, -0.1) is 11.3 Å². The molecule has 20 heteroatoms. The number of carbonyl (C=O) groups is 4. The van der Waals surface area contributed by atoms with E-state index < -0.39 is 52.6 Å². The second-order valence-electron chi connectivity index (χ2n) is 13.1. The number of benzene rings is 2. The Labute approximate surface area is 313 Å². The fourth-order valence-corrected chi connectivity index (χ4v) is 8.10. The van der Waals surface area contributed by atoms with Crippen molar-refractivity contribution in [1.29, 1.82) is 0 Å². The predicted molar refractivity (Wildman–Crippen MR) is 198 cm³/mol. The number of imidazole rings is 1. The van der Waals surface area contributed by atoms with E-state index in [0.29, 0.717) is 16.6 Å². The zero-order valence-corrected chi connectivity index (χ0v) is 31.3. The average molecular weight is 779 g/mol. The van der Waals surface area contributed by atoms with Gasteiger partial charge in [0.15, 0.2) is 11.3 Å². The molecule has 1 aliphatic heterocycles. The molecule has 0 bridgehead atoms. The standard InChI is InChI=1S/C34H38N10O8S2/c1-34(2,3)52-32(48)37-15-9-14-36-31-40-27(29(47)51-20-21-10-5-4-6-11-21)26-28(41-31)43(30(35)39-26)19-24(45)42-16-17-44(25(46)18-42)54(49,50)33-38-22-12-7-8-13-23(22)53-33/h4-8,10-13H,9,14-20H2,1-3H3,(H2,35,39)(H,37,48)(H,36,40,41). The van der Waals surface area contributed by atoms with Crippen molar-refractivity contribution in [3.05, 3.63) is 65.9 Å². The Balaban J connectivity index is 1.18. The van der Waals surface area contributed by atoms with Gasteiger partial charge in [0, 0.05) is 19.6 Å². The fraction of sp³-hybridized carbons (Fsp3) is 0.353. The molecule has 3 aromatic heterocycles. The Morgan fingerprint density at radius 2 is 1.70 bits per heavy atom. The minimum atomic E-state index is -4.25. The van der Waals surface area contributed by atoms with Crippen molar-refractivity contribution >= 4 is 78.5 Å². The number of aromatic nitrogens is 5. The number of nitrogen functional groups attached to an aromatic ring is 1. The molecular formula is C34H38N10O8S2. The van der Waals surface area contributed by atoms with E-state index in [4.69, 9.17) is 15.2 Å². The highest BCUT2D eigenvalue weighted by molar-refractivity contribution is 7.91. The Hall–Kier alpha value is -5.89. The van der Waals surface area contributed by atoms with Crippen molar-refractivity contribution in [2.45, 2.75) is 50.3 Å². The molecule has 0 saturated carbocycles. The van der Waals surface area contributed by atoms with Gasteiger partial charge in [0.2, 0.25) is 22.1 Å². The van der Waals surface area contributed by atoms with E-state index in [0.717, 1.165) is 21.2 Å². The van der Waals surface area contributed by atoms with E-state index in [9.17, 15) is 27.6 Å². The minimum absolute atomic E-state index is 0.00359. The number of ether oxygens (including phenoxy) is 2. The van der Waals surface area contributed by atoms with E-state index in [1.54, 1.807) is 69.3 Å².